The van der Waals surface area contributed by atoms with E-state index in [2.05, 4.69) is 19.2 Å². The second kappa shape index (κ2) is 6.75. The molecule has 0 unspecified atom stereocenters. The molecule has 0 atom stereocenters. The van der Waals surface area contributed by atoms with E-state index in [1.807, 2.05) is 12.1 Å². The van der Waals surface area contributed by atoms with Gasteiger partial charge in [0.15, 0.2) is 0 Å². The molecule has 0 aromatic heterocycles. The Morgan fingerprint density at radius 1 is 1.17 bits per heavy atom. The third-order valence-corrected chi connectivity index (χ3v) is 3.81. The van der Waals surface area contributed by atoms with E-state index in [-0.39, 0.29) is 5.75 Å². The summed E-state index contributed by atoms with van der Waals surface area (Å²) in [6.45, 7) is 5.32. The first-order valence-electron chi connectivity index (χ1n) is 6.28. The minimum Gasteiger partial charge on any atom is -0.385 e. The van der Waals surface area contributed by atoms with E-state index in [0.29, 0.717) is 11.5 Å². The Kier molecular flexibility index (Phi) is 5.62. The molecule has 0 fully saturated rings. The highest BCUT2D eigenvalue weighted by Gasteiger charge is 2.05. The van der Waals surface area contributed by atoms with Crippen LogP contribution in [0.15, 0.2) is 24.3 Å². The summed E-state index contributed by atoms with van der Waals surface area (Å²) in [6, 6.07) is 7.37. The second-order valence-corrected chi connectivity index (χ2v) is 6.18. The van der Waals surface area contributed by atoms with Crippen LogP contribution in [0.3, 0.4) is 0 Å². The summed E-state index contributed by atoms with van der Waals surface area (Å²) in [7, 11) is -3.44. The summed E-state index contributed by atoms with van der Waals surface area (Å²) in [5, 5.41) is 8.35. The van der Waals surface area contributed by atoms with Crippen LogP contribution in [0.25, 0.3) is 0 Å². The highest BCUT2D eigenvalue weighted by atomic mass is 32.2. The molecule has 1 aromatic carbocycles. The van der Waals surface area contributed by atoms with Crippen LogP contribution in [0.5, 0.6) is 0 Å². The quantitative estimate of drug-likeness (QED) is 0.798. The third-order valence-electron chi connectivity index (χ3n) is 3.07. The van der Waals surface area contributed by atoms with Gasteiger partial charge in [0.25, 0.3) is 0 Å². The molecule has 18 heavy (non-hydrogen) atoms. The fourth-order valence-corrected chi connectivity index (χ4v) is 2.45. The van der Waals surface area contributed by atoms with E-state index in [4.69, 9.17) is 5.14 Å². The zero-order valence-corrected chi connectivity index (χ0v) is 11.8. The van der Waals surface area contributed by atoms with E-state index in [1.165, 1.54) is 0 Å². The van der Waals surface area contributed by atoms with Crippen LogP contribution in [-0.2, 0) is 15.8 Å². The number of hydrogen-bond acceptors (Lipinski definition) is 3. The van der Waals surface area contributed by atoms with E-state index in [9.17, 15) is 8.42 Å². The molecule has 102 valence electrons. The standard InChI is InChI=1S/C13H22N2O2S/c1-3-11(4-2)9-15-13-7-5-12(6-8-13)10-18(14,16)17/h5-8,11,15H,3-4,9-10H2,1-2H3,(H2,14,16,17). The van der Waals surface area contributed by atoms with Crippen molar-refractivity contribution in [3.63, 3.8) is 0 Å². The highest BCUT2D eigenvalue weighted by Crippen LogP contribution is 2.13. The first kappa shape index (κ1) is 15.0. The van der Waals surface area contributed by atoms with E-state index in [0.717, 1.165) is 25.1 Å². The normalized spacial score (nSPS) is 11.8. The molecule has 0 radical (unpaired) electrons. The van der Waals surface area contributed by atoms with Gasteiger partial charge >= 0.3 is 0 Å². The maximum absolute atomic E-state index is 10.9. The Bertz CT molecular complexity index is 450. The largest absolute Gasteiger partial charge is 0.385 e. The van der Waals surface area contributed by atoms with Crippen molar-refractivity contribution >= 4 is 15.7 Å². The van der Waals surface area contributed by atoms with Gasteiger partial charge in [-0.05, 0) is 23.6 Å². The molecule has 0 saturated carbocycles. The average Bonchev–Trinajstić information content (AvgIpc) is 2.30. The molecule has 1 aromatic rings. The van der Waals surface area contributed by atoms with Crippen molar-refractivity contribution in [2.75, 3.05) is 11.9 Å². The van der Waals surface area contributed by atoms with E-state index >= 15 is 0 Å². The van der Waals surface area contributed by atoms with Crippen molar-refractivity contribution in [2.24, 2.45) is 11.1 Å². The van der Waals surface area contributed by atoms with Crippen LogP contribution >= 0.6 is 0 Å². The van der Waals surface area contributed by atoms with Crippen molar-refractivity contribution in [1.82, 2.24) is 0 Å². The number of anilines is 1. The van der Waals surface area contributed by atoms with Crippen molar-refractivity contribution < 1.29 is 8.42 Å². The smallest absolute Gasteiger partial charge is 0.213 e. The lowest BCUT2D eigenvalue weighted by molar-refractivity contribution is 0.519. The van der Waals surface area contributed by atoms with Crippen LogP contribution in [0, 0.1) is 5.92 Å². The zero-order chi connectivity index (χ0) is 13.6. The fourth-order valence-electron chi connectivity index (χ4n) is 1.79. The summed E-state index contributed by atoms with van der Waals surface area (Å²) in [4.78, 5) is 0. The molecule has 0 saturated heterocycles. The Balaban J connectivity index is 2.55. The first-order valence-corrected chi connectivity index (χ1v) is 7.99. The maximum Gasteiger partial charge on any atom is 0.213 e. The predicted octanol–water partition coefficient (Wildman–Crippen LogP) is 2.32. The van der Waals surface area contributed by atoms with Crippen molar-refractivity contribution in [3.05, 3.63) is 29.8 Å². The minimum absolute atomic E-state index is 0.111. The Hall–Kier alpha value is -1.07. The summed E-state index contributed by atoms with van der Waals surface area (Å²) < 4.78 is 21.9. The highest BCUT2D eigenvalue weighted by molar-refractivity contribution is 7.88. The molecule has 5 heteroatoms. The van der Waals surface area contributed by atoms with E-state index in [1.54, 1.807) is 12.1 Å². The molecule has 0 spiro atoms. The van der Waals surface area contributed by atoms with Crippen LogP contribution in [0.1, 0.15) is 32.3 Å². The number of benzene rings is 1. The van der Waals surface area contributed by atoms with Crippen LogP contribution < -0.4 is 10.5 Å². The molecule has 0 aliphatic carbocycles. The van der Waals surface area contributed by atoms with Crippen molar-refractivity contribution in [3.8, 4) is 0 Å². The Labute approximate surface area is 110 Å². The van der Waals surface area contributed by atoms with Crippen molar-refractivity contribution in [1.29, 1.82) is 0 Å². The van der Waals surface area contributed by atoms with Crippen LogP contribution in [-0.4, -0.2) is 15.0 Å². The average molecular weight is 270 g/mol. The fraction of sp³-hybridized carbons (Fsp3) is 0.538. The van der Waals surface area contributed by atoms with Gasteiger partial charge in [0, 0.05) is 12.2 Å². The zero-order valence-electron chi connectivity index (χ0n) is 11.0. The molecule has 0 aliphatic rings. The molecule has 0 amide bonds. The number of nitrogens with one attached hydrogen (secondary N) is 1. The monoisotopic (exact) mass is 270 g/mol. The van der Waals surface area contributed by atoms with Gasteiger partial charge < -0.3 is 5.32 Å². The molecule has 1 rings (SSSR count). The van der Waals surface area contributed by atoms with Gasteiger partial charge in [-0.15, -0.1) is 0 Å². The van der Waals surface area contributed by atoms with Gasteiger partial charge in [0.05, 0.1) is 5.75 Å². The summed E-state index contributed by atoms with van der Waals surface area (Å²) in [5.74, 6) is 0.564. The molecular formula is C13H22N2O2S. The Morgan fingerprint density at radius 3 is 2.17 bits per heavy atom. The second-order valence-electron chi connectivity index (χ2n) is 4.57. The lowest BCUT2D eigenvalue weighted by Gasteiger charge is -2.14. The number of primary sulfonamides is 1. The van der Waals surface area contributed by atoms with Gasteiger partial charge in [0.2, 0.25) is 10.0 Å². The van der Waals surface area contributed by atoms with Crippen molar-refractivity contribution in [2.45, 2.75) is 32.4 Å². The van der Waals surface area contributed by atoms with E-state index < -0.39 is 10.0 Å². The SMILES string of the molecule is CCC(CC)CNc1ccc(CS(N)(=O)=O)cc1. The molecule has 0 heterocycles. The van der Waals surface area contributed by atoms with Crippen LogP contribution in [0.4, 0.5) is 5.69 Å². The first-order chi connectivity index (χ1) is 8.44. The molecule has 3 N–H and O–H groups in total. The lowest BCUT2D eigenvalue weighted by Crippen LogP contribution is -2.15. The third kappa shape index (κ3) is 5.51. The van der Waals surface area contributed by atoms with Gasteiger partial charge in [-0.1, -0.05) is 38.8 Å². The Morgan fingerprint density at radius 2 is 1.72 bits per heavy atom. The summed E-state index contributed by atoms with van der Waals surface area (Å²) in [5.41, 5.74) is 1.73. The number of rotatable bonds is 7. The van der Waals surface area contributed by atoms with Gasteiger partial charge in [-0.25, -0.2) is 13.6 Å². The van der Waals surface area contributed by atoms with Gasteiger partial charge in [-0.3, -0.25) is 0 Å². The lowest BCUT2D eigenvalue weighted by atomic mass is 10.0. The minimum atomic E-state index is -3.44. The summed E-state index contributed by atoms with van der Waals surface area (Å²) >= 11 is 0. The molecule has 0 aliphatic heterocycles. The topological polar surface area (TPSA) is 72.2 Å². The molecule has 4 nitrogen and oxygen atoms in total. The number of hydrogen-bond donors (Lipinski definition) is 2. The maximum atomic E-state index is 10.9. The van der Waals surface area contributed by atoms with Gasteiger partial charge in [-0.2, -0.15) is 0 Å². The van der Waals surface area contributed by atoms with Gasteiger partial charge in [0.1, 0.15) is 0 Å². The predicted molar refractivity (Wildman–Crippen MR) is 75.8 cm³/mol. The molecular weight excluding hydrogens is 248 g/mol. The molecule has 0 bridgehead atoms. The number of nitrogens with two attached hydrogens (primary N) is 1. The number of sulfonamides is 1. The van der Waals surface area contributed by atoms with Crippen LogP contribution in [0.2, 0.25) is 0 Å². The summed E-state index contributed by atoms with van der Waals surface area (Å²) in [6.07, 6.45) is 2.32.